The molecule has 1 aliphatic rings. The summed E-state index contributed by atoms with van der Waals surface area (Å²) >= 11 is 0. The van der Waals surface area contributed by atoms with Crippen LogP contribution in [-0.2, 0) is 13.0 Å². The van der Waals surface area contributed by atoms with Gasteiger partial charge in [-0.1, -0.05) is 12.1 Å². The molecule has 1 heterocycles. The number of carbonyl (C=O) groups excluding carboxylic acids is 2. The van der Waals surface area contributed by atoms with Gasteiger partial charge in [-0.3, -0.25) is 9.59 Å². The van der Waals surface area contributed by atoms with Crippen molar-refractivity contribution >= 4 is 17.5 Å². The molecule has 0 aliphatic carbocycles. The third-order valence-electron chi connectivity index (χ3n) is 6.30. The first-order valence-corrected chi connectivity index (χ1v) is 11.6. The lowest BCUT2D eigenvalue weighted by atomic mass is 10.1. The summed E-state index contributed by atoms with van der Waals surface area (Å²) in [5.74, 6) is 1.58. The lowest BCUT2D eigenvalue weighted by Gasteiger charge is -2.23. The molecule has 8 heteroatoms. The van der Waals surface area contributed by atoms with Crippen molar-refractivity contribution < 1.29 is 28.5 Å². The molecule has 0 radical (unpaired) electrons. The Bertz CT molecular complexity index is 1250. The summed E-state index contributed by atoms with van der Waals surface area (Å²) in [6.07, 6.45) is 0.773. The van der Waals surface area contributed by atoms with Gasteiger partial charge in [0.25, 0.3) is 11.8 Å². The molecule has 1 N–H and O–H groups in total. The van der Waals surface area contributed by atoms with E-state index in [1.807, 2.05) is 30.0 Å². The third-order valence-corrected chi connectivity index (χ3v) is 6.30. The maximum Gasteiger partial charge on any atom is 0.258 e. The summed E-state index contributed by atoms with van der Waals surface area (Å²) in [7, 11) is 6.11. The zero-order valence-electron chi connectivity index (χ0n) is 21.1. The number of methoxy groups -OCH3 is 4. The lowest BCUT2D eigenvalue weighted by Crippen LogP contribution is -2.35. The number of carbonyl (C=O) groups is 2. The van der Waals surface area contributed by atoms with Crippen LogP contribution in [0, 0.1) is 0 Å². The Morgan fingerprint density at radius 3 is 2.11 bits per heavy atom. The molecule has 0 spiro atoms. The van der Waals surface area contributed by atoms with E-state index in [0.29, 0.717) is 40.7 Å². The van der Waals surface area contributed by atoms with Crippen LogP contribution >= 0.6 is 0 Å². The molecule has 1 aliphatic heterocycles. The average molecular weight is 491 g/mol. The zero-order valence-corrected chi connectivity index (χ0v) is 21.1. The summed E-state index contributed by atoms with van der Waals surface area (Å²) in [4.78, 5) is 28.1. The van der Waals surface area contributed by atoms with Crippen molar-refractivity contribution in [1.82, 2.24) is 5.32 Å². The molecular formula is C28H30N2O6. The Kier molecular flexibility index (Phi) is 7.33. The van der Waals surface area contributed by atoms with E-state index in [9.17, 15) is 9.59 Å². The second-order valence-corrected chi connectivity index (χ2v) is 8.52. The van der Waals surface area contributed by atoms with Crippen LogP contribution in [0.3, 0.4) is 0 Å². The van der Waals surface area contributed by atoms with Gasteiger partial charge in [0.05, 0.1) is 28.4 Å². The van der Waals surface area contributed by atoms with Gasteiger partial charge < -0.3 is 29.2 Å². The summed E-state index contributed by atoms with van der Waals surface area (Å²) in [5.41, 5.74) is 3.83. The monoisotopic (exact) mass is 490 g/mol. The second-order valence-electron chi connectivity index (χ2n) is 8.52. The molecule has 0 bridgehead atoms. The molecule has 8 nitrogen and oxygen atoms in total. The molecule has 2 amide bonds. The number of hydrogen-bond donors (Lipinski definition) is 1. The van der Waals surface area contributed by atoms with E-state index >= 15 is 0 Å². The predicted octanol–water partition coefficient (Wildman–Crippen LogP) is 4.24. The lowest BCUT2D eigenvalue weighted by molar-refractivity contribution is 0.0947. The minimum absolute atomic E-state index is 0.0265. The number of ether oxygens (including phenoxy) is 4. The fraction of sp³-hybridized carbons (Fsp3) is 0.286. The highest BCUT2D eigenvalue weighted by Gasteiger charge is 2.31. The van der Waals surface area contributed by atoms with E-state index in [1.165, 1.54) is 21.3 Å². The number of anilines is 1. The zero-order chi connectivity index (χ0) is 25.8. The fourth-order valence-electron chi connectivity index (χ4n) is 4.44. The Balaban J connectivity index is 1.52. The number of fused-ring (bicyclic) bond motifs is 1. The van der Waals surface area contributed by atoms with Crippen LogP contribution in [0.25, 0.3) is 0 Å². The SMILES string of the molecule is COc1ccc(C(=O)N2c3cc(CNC(=O)c4cc(OC)c(OC)c(OC)c4)ccc3CC2C)cc1. The molecular weight excluding hydrogens is 460 g/mol. The van der Waals surface area contributed by atoms with Crippen LogP contribution in [0.4, 0.5) is 5.69 Å². The van der Waals surface area contributed by atoms with Gasteiger partial charge in [0.15, 0.2) is 11.5 Å². The van der Waals surface area contributed by atoms with Crippen molar-refractivity contribution in [3.05, 3.63) is 76.9 Å². The van der Waals surface area contributed by atoms with Crippen LogP contribution in [0.2, 0.25) is 0 Å². The van der Waals surface area contributed by atoms with Crippen molar-refractivity contribution in [2.45, 2.75) is 25.9 Å². The molecule has 0 fully saturated rings. The molecule has 4 rings (SSSR count). The van der Waals surface area contributed by atoms with E-state index in [1.54, 1.807) is 43.5 Å². The molecule has 188 valence electrons. The fourth-order valence-corrected chi connectivity index (χ4v) is 4.44. The maximum absolute atomic E-state index is 13.3. The van der Waals surface area contributed by atoms with Gasteiger partial charge in [-0.25, -0.2) is 0 Å². The smallest absolute Gasteiger partial charge is 0.258 e. The quantitative estimate of drug-likeness (QED) is 0.508. The molecule has 36 heavy (non-hydrogen) atoms. The van der Waals surface area contributed by atoms with Crippen molar-refractivity contribution in [3.63, 3.8) is 0 Å². The largest absolute Gasteiger partial charge is 0.497 e. The van der Waals surface area contributed by atoms with Gasteiger partial charge in [0.1, 0.15) is 5.75 Å². The molecule has 1 atom stereocenters. The van der Waals surface area contributed by atoms with E-state index in [2.05, 4.69) is 5.32 Å². The average Bonchev–Trinajstić information content (AvgIpc) is 3.25. The van der Waals surface area contributed by atoms with Gasteiger partial charge >= 0.3 is 0 Å². The highest BCUT2D eigenvalue weighted by atomic mass is 16.5. The van der Waals surface area contributed by atoms with Gasteiger partial charge in [-0.05, 0) is 66.9 Å². The Morgan fingerprint density at radius 1 is 0.861 bits per heavy atom. The van der Waals surface area contributed by atoms with E-state index in [-0.39, 0.29) is 17.9 Å². The summed E-state index contributed by atoms with van der Waals surface area (Å²) < 4.78 is 21.2. The van der Waals surface area contributed by atoms with Gasteiger partial charge in [-0.15, -0.1) is 0 Å². The number of benzene rings is 3. The van der Waals surface area contributed by atoms with Crippen LogP contribution < -0.4 is 29.2 Å². The van der Waals surface area contributed by atoms with Crippen molar-refractivity contribution in [2.24, 2.45) is 0 Å². The van der Waals surface area contributed by atoms with E-state index in [0.717, 1.165) is 23.2 Å². The second kappa shape index (κ2) is 10.6. The summed E-state index contributed by atoms with van der Waals surface area (Å²) in [5, 5.41) is 2.94. The molecule has 0 saturated heterocycles. The number of hydrogen-bond acceptors (Lipinski definition) is 6. The Hall–Kier alpha value is -4.20. The maximum atomic E-state index is 13.3. The first kappa shape index (κ1) is 24.9. The van der Waals surface area contributed by atoms with Gasteiger partial charge in [0, 0.05) is 29.4 Å². The molecule has 1 unspecified atom stereocenters. The topological polar surface area (TPSA) is 86.3 Å². The first-order valence-electron chi connectivity index (χ1n) is 11.6. The third kappa shape index (κ3) is 4.79. The van der Waals surface area contributed by atoms with Gasteiger partial charge in [0.2, 0.25) is 5.75 Å². The predicted molar refractivity (Wildman–Crippen MR) is 137 cm³/mol. The number of nitrogens with one attached hydrogen (secondary N) is 1. The highest BCUT2D eigenvalue weighted by molar-refractivity contribution is 6.08. The number of nitrogens with zero attached hydrogens (tertiary/aromatic N) is 1. The Labute approximate surface area is 210 Å². The van der Waals surface area contributed by atoms with Crippen LogP contribution in [0.5, 0.6) is 23.0 Å². The molecule has 3 aromatic carbocycles. The summed E-state index contributed by atoms with van der Waals surface area (Å²) in [6.45, 7) is 2.33. The van der Waals surface area contributed by atoms with Crippen LogP contribution in [0.1, 0.15) is 38.8 Å². The Morgan fingerprint density at radius 2 is 1.53 bits per heavy atom. The van der Waals surface area contributed by atoms with E-state index < -0.39 is 0 Å². The summed E-state index contributed by atoms with van der Waals surface area (Å²) in [6, 6.07) is 16.3. The van der Waals surface area contributed by atoms with Crippen molar-refractivity contribution in [1.29, 1.82) is 0 Å². The minimum atomic E-state index is -0.283. The standard InChI is InChI=1S/C28H30N2O6/c1-17-12-20-7-6-18(13-23(20)30(17)28(32)19-8-10-22(33-2)11-9-19)16-29-27(31)21-14-24(34-3)26(36-5)25(15-21)35-4/h6-11,13-15,17H,12,16H2,1-5H3,(H,29,31). The van der Waals surface area contributed by atoms with Crippen molar-refractivity contribution in [3.8, 4) is 23.0 Å². The molecule has 3 aromatic rings. The van der Waals surface area contributed by atoms with Crippen molar-refractivity contribution in [2.75, 3.05) is 33.3 Å². The first-order chi connectivity index (χ1) is 17.4. The number of rotatable bonds is 8. The van der Waals surface area contributed by atoms with Crippen LogP contribution in [0.15, 0.2) is 54.6 Å². The molecule has 0 saturated carbocycles. The van der Waals surface area contributed by atoms with Gasteiger partial charge in [-0.2, -0.15) is 0 Å². The number of amides is 2. The minimum Gasteiger partial charge on any atom is -0.497 e. The van der Waals surface area contributed by atoms with Crippen LogP contribution in [-0.4, -0.2) is 46.3 Å². The molecule has 0 aromatic heterocycles. The highest BCUT2D eigenvalue weighted by Crippen LogP contribution is 2.38. The van der Waals surface area contributed by atoms with E-state index in [4.69, 9.17) is 18.9 Å². The normalized spacial score (nSPS) is 14.1.